The first-order chi connectivity index (χ1) is 9.77. The maximum atomic E-state index is 12.6. The second kappa shape index (κ2) is 5.39. The number of carboxylic acids is 1. The first-order valence-corrected chi connectivity index (χ1v) is 5.75. The molecule has 1 aromatic carbocycles. The molecular weight excluding hydrogens is 289 g/mol. The number of carbonyl (C=O) groups is 1. The van der Waals surface area contributed by atoms with Crippen LogP contribution in [-0.4, -0.2) is 20.9 Å². The van der Waals surface area contributed by atoms with E-state index in [4.69, 9.17) is 5.11 Å². The molecule has 0 saturated heterocycles. The van der Waals surface area contributed by atoms with Gasteiger partial charge in [0.2, 0.25) is 0 Å². The van der Waals surface area contributed by atoms with Crippen LogP contribution in [0.4, 0.5) is 13.2 Å². The largest absolute Gasteiger partial charge is 0.476 e. The number of carboxylic acid groups (broad SMARTS) is 1. The highest BCUT2D eigenvalue weighted by atomic mass is 19.4. The van der Waals surface area contributed by atoms with E-state index in [0.717, 1.165) is 28.9 Å². The third-order valence-corrected chi connectivity index (χ3v) is 2.67. The maximum absolute atomic E-state index is 12.6. The summed E-state index contributed by atoms with van der Waals surface area (Å²) in [6.07, 6.45) is -4.49. The van der Waals surface area contributed by atoms with E-state index in [9.17, 15) is 22.8 Å². The third-order valence-electron chi connectivity index (χ3n) is 2.67. The number of hydrogen-bond donors (Lipinski definition) is 1. The van der Waals surface area contributed by atoms with E-state index in [-0.39, 0.29) is 17.8 Å². The first kappa shape index (κ1) is 14.8. The molecule has 1 heterocycles. The highest BCUT2D eigenvalue weighted by Gasteiger charge is 2.30. The molecule has 5 nitrogen and oxygen atoms in total. The van der Waals surface area contributed by atoms with Crippen LogP contribution in [0.5, 0.6) is 0 Å². The SMILES string of the molecule is O=C(O)c1ccc(=O)n(Cc2cccc(C(F)(F)F)c2)n1. The van der Waals surface area contributed by atoms with Crippen molar-refractivity contribution in [2.75, 3.05) is 0 Å². The van der Waals surface area contributed by atoms with Crippen molar-refractivity contribution in [2.24, 2.45) is 0 Å². The fourth-order valence-electron chi connectivity index (χ4n) is 1.70. The van der Waals surface area contributed by atoms with Gasteiger partial charge in [0.15, 0.2) is 5.69 Å². The van der Waals surface area contributed by atoms with Crippen LogP contribution in [0.15, 0.2) is 41.2 Å². The van der Waals surface area contributed by atoms with Gasteiger partial charge in [-0.1, -0.05) is 12.1 Å². The average Bonchev–Trinajstić information content (AvgIpc) is 2.40. The highest BCUT2D eigenvalue weighted by Crippen LogP contribution is 2.29. The van der Waals surface area contributed by atoms with Gasteiger partial charge >= 0.3 is 12.1 Å². The summed E-state index contributed by atoms with van der Waals surface area (Å²) in [4.78, 5) is 22.3. The lowest BCUT2D eigenvalue weighted by Gasteiger charge is -2.09. The van der Waals surface area contributed by atoms with Crippen LogP contribution in [0.1, 0.15) is 21.6 Å². The Balaban J connectivity index is 2.36. The number of aromatic nitrogens is 2. The van der Waals surface area contributed by atoms with E-state index in [2.05, 4.69) is 5.10 Å². The molecule has 0 aliphatic carbocycles. The molecule has 8 heteroatoms. The summed E-state index contributed by atoms with van der Waals surface area (Å²) in [5.41, 5.74) is -1.61. The van der Waals surface area contributed by atoms with Crippen LogP contribution in [0.25, 0.3) is 0 Å². The molecule has 0 radical (unpaired) electrons. The number of alkyl halides is 3. The standard InChI is InChI=1S/C13H9F3N2O3/c14-13(15,16)9-3-1-2-8(6-9)7-18-11(19)5-4-10(17-18)12(20)21/h1-6H,7H2,(H,20,21). The van der Waals surface area contributed by atoms with Crippen LogP contribution in [0, 0.1) is 0 Å². The summed E-state index contributed by atoms with van der Waals surface area (Å²) in [5.74, 6) is -1.33. The number of rotatable bonds is 3. The summed E-state index contributed by atoms with van der Waals surface area (Å²) in [6.45, 7) is -0.246. The Kier molecular flexibility index (Phi) is 3.79. The molecule has 0 aliphatic rings. The fourth-order valence-corrected chi connectivity index (χ4v) is 1.70. The molecule has 0 atom stereocenters. The van der Waals surface area contributed by atoms with Crippen molar-refractivity contribution >= 4 is 5.97 Å². The maximum Gasteiger partial charge on any atom is 0.416 e. The predicted octanol–water partition coefficient (Wildman–Crippen LogP) is 2.01. The lowest BCUT2D eigenvalue weighted by molar-refractivity contribution is -0.137. The van der Waals surface area contributed by atoms with E-state index in [1.165, 1.54) is 12.1 Å². The second-order valence-corrected chi connectivity index (χ2v) is 4.22. The highest BCUT2D eigenvalue weighted by molar-refractivity contribution is 5.84. The Hall–Kier alpha value is -2.64. The normalized spacial score (nSPS) is 11.4. The summed E-state index contributed by atoms with van der Waals surface area (Å²) in [6, 6.07) is 6.45. The van der Waals surface area contributed by atoms with Gasteiger partial charge in [-0.05, 0) is 23.8 Å². The molecule has 0 unspecified atom stereocenters. The van der Waals surface area contributed by atoms with E-state index >= 15 is 0 Å². The van der Waals surface area contributed by atoms with Gasteiger partial charge in [-0.2, -0.15) is 18.3 Å². The predicted molar refractivity (Wildman–Crippen MR) is 66.0 cm³/mol. The van der Waals surface area contributed by atoms with Crippen LogP contribution in [0.2, 0.25) is 0 Å². The Morgan fingerprint density at radius 2 is 1.95 bits per heavy atom. The van der Waals surface area contributed by atoms with Crippen LogP contribution < -0.4 is 5.56 Å². The van der Waals surface area contributed by atoms with E-state index in [1.54, 1.807) is 0 Å². The molecule has 0 fully saturated rings. The smallest absolute Gasteiger partial charge is 0.416 e. The van der Waals surface area contributed by atoms with Gasteiger partial charge in [-0.15, -0.1) is 0 Å². The minimum atomic E-state index is -4.49. The minimum Gasteiger partial charge on any atom is -0.476 e. The molecule has 110 valence electrons. The Bertz CT molecular complexity index is 738. The van der Waals surface area contributed by atoms with Gasteiger partial charge in [-0.25, -0.2) is 9.48 Å². The number of nitrogens with zero attached hydrogens (tertiary/aromatic N) is 2. The topological polar surface area (TPSA) is 72.2 Å². The fraction of sp³-hybridized carbons (Fsp3) is 0.154. The average molecular weight is 298 g/mol. The van der Waals surface area contributed by atoms with Crippen molar-refractivity contribution in [3.63, 3.8) is 0 Å². The Morgan fingerprint density at radius 3 is 2.57 bits per heavy atom. The molecule has 0 saturated carbocycles. The molecule has 1 aromatic heterocycles. The van der Waals surface area contributed by atoms with Gasteiger partial charge in [-0.3, -0.25) is 4.79 Å². The molecule has 0 bridgehead atoms. The van der Waals surface area contributed by atoms with Gasteiger partial charge in [0, 0.05) is 6.07 Å². The van der Waals surface area contributed by atoms with Gasteiger partial charge in [0.25, 0.3) is 5.56 Å². The van der Waals surface area contributed by atoms with Crippen LogP contribution in [0.3, 0.4) is 0 Å². The molecule has 2 aromatic rings. The number of hydrogen-bond acceptors (Lipinski definition) is 3. The monoisotopic (exact) mass is 298 g/mol. The summed E-state index contributed by atoms with van der Waals surface area (Å²) in [5, 5.41) is 12.4. The minimum absolute atomic E-state index is 0.196. The van der Waals surface area contributed by atoms with Crippen molar-refractivity contribution in [2.45, 2.75) is 12.7 Å². The van der Waals surface area contributed by atoms with Crippen LogP contribution in [-0.2, 0) is 12.7 Å². The first-order valence-electron chi connectivity index (χ1n) is 5.75. The summed E-state index contributed by atoms with van der Waals surface area (Å²) >= 11 is 0. The lowest BCUT2D eigenvalue weighted by atomic mass is 10.1. The third kappa shape index (κ3) is 3.47. The molecule has 21 heavy (non-hydrogen) atoms. The van der Waals surface area contributed by atoms with Gasteiger partial charge in [0.1, 0.15) is 0 Å². The molecule has 0 spiro atoms. The lowest BCUT2D eigenvalue weighted by Crippen LogP contribution is -2.25. The molecule has 2 rings (SSSR count). The number of halogens is 3. The zero-order chi connectivity index (χ0) is 15.6. The van der Waals surface area contributed by atoms with Crippen molar-refractivity contribution in [3.8, 4) is 0 Å². The van der Waals surface area contributed by atoms with E-state index in [0.29, 0.717) is 0 Å². The zero-order valence-corrected chi connectivity index (χ0v) is 10.5. The van der Waals surface area contributed by atoms with Crippen LogP contribution >= 0.6 is 0 Å². The second-order valence-electron chi connectivity index (χ2n) is 4.22. The van der Waals surface area contributed by atoms with Crippen molar-refractivity contribution in [1.29, 1.82) is 0 Å². The number of aromatic carboxylic acids is 1. The van der Waals surface area contributed by atoms with Gasteiger partial charge in [0.05, 0.1) is 12.1 Å². The molecular formula is C13H9F3N2O3. The molecule has 1 N–H and O–H groups in total. The number of benzene rings is 1. The Labute approximate surface area is 116 Å². The van der Waals surface area contributed by atoms with Gasteiger partial charge < -0.3 is 5.11 Å². The van der Waals surface area contributed by atoms with Crippen molar-refractivity contribution in [1.82, 2.24) is 9.78 Å². The van der Waals surface area contributed by atoms with Crippen molar-refractivity contribution in [3.05, 3.63) is 63.6 Å². The molecule has 0 amide bonds. The van der Waals surface area contributed by atoms with E-state index in [1.807, 2.05) is 0 Å². The van der Waals surface area contributed by atoms with E-state index < -0.39 is 23.3 Å². The summed E-state index contributed by atoms with van der Waals surface area (Å²) in [7, 11) is 0. The quantitative estimate of drug-likeness (QED) is 0.941. The Morgan fingerprint density at radius 1 is 1.24 bits per heavy atom. The van der Waals surface area contributed by atoms with Crippen molar-refractivity contribution < 1.29 is 23.1 Å². The summed E-state index contributed by atoms with van der Waals surface area (Å²) < 4.78 is 38.6. The molecule has 0 aliphatic heterocycles. The zero-order valence-electron chi connectivity index (χ0n) is 10.5.